The van der Waals surface area contributed by atoms with Crippen LogP contribution in [0.25, 0.3) is 0 Å². The van der Waals surface area contributed by atoms with Crippen molar-refractivity contribution in [1.82, 2.24) is 0 Å². The van der Waals surface area contributed by atoms with Crippen LogP contribution in [0.4, 0.5) is 13.2 Å². The van der Waals surface area contributed by atoms with Crippen LogP contribution in [0, 0.1) is 5.92 Å². The van der Waals surface area contributed by atoms with E-state index in [1.165, 1.54) is 6.08 Å². The third-order valence-electron chi connectivity index (χ3n) is 1.68. The highest BCUT2D eigenvalue weighted by Crippen LogP contribution is 2.20. The van der Waals surface area contributed by atoms with Crippen molar-refractivity contribution >= 4 is 16.8 Å². The zero-order valence-corrected chi connectivity index (χ0v) is 9.02. The number of halogens is 4. The number of alkyl halides is 3. The van der Waals surface area contributed by atoms with Crippen LogP contribution >= 0.6 is 11.6 Å². The van der Waals surface area contributed by atoms with Gasteiger partial charge in [0, 0.05) is 6.42 Å². The molecule has 0 fully saturated rings. The summed E-state index contributed by atoms with van der Waals surface area (Å²) in [6.07, 6.45) is -1.69. The van der Waals surface area contributed by atoms with E-state index in [0.29, 0.717) is 12.8 Å². The molecule has 0 unspecified atom stereocenters. The predicted molar refractivity (Wildman–Crippen MR) is 53.3 cm³/mol. The van der Waals surface area contributed by atoms with Crippen LogP contribution in [0.2, 0.25) is 0 Å². The second-order valence-electron chi connectivity index (χ2n) is 3.31. The largest absolute Gasteiger partial charge is 0.410 e. The van der Waals surface area contributed by atoms with Gasteiger partial charge < -0.3 is 5.21 Å². The first-order chi connectivity index (χ1) is 6.85. The number of oxime groups is 1. The van der Waals surface area contributed by atoms with Gasteiger partial charge in [0.15, 0.2) is 0 Å². The van der Waals surface area contributed by atoms with E-state index in [1.54, 1.807) is 0 Å². The Balaban J connectivity index is 3.76. The van der Waals surface area contributed by atoms with E-state index in [0.717, 1.165) is 6.08 Å². The summed E-state index contributed by atoms with van der Waals surface area (Å²) in [7, 11) is 0. The minimum Gasteiger partial charge on any atom is -0.410 e. The van der Waals surface area contributed by atoms with Gasteiger partial charge in [-0.05, 0) is 12.3 Å². The molecule has 15 heavy (non-hydrogen) atoms. The SMILES string of the molecule is C[C@H](C/C=C\CC(F)(F)F)C/C(Cl)=N/O. The van der Waals surface area contributed by atoms with Crippen LogP contribution in [0.3, 0.4) is 0 Å². The molecule has 0 aliphatic heterocycles. The molecule has 0 radical (unpaired) electrons. The molecule has 88 valence electrons. The van der Waals surface area contributed by atoms with Gasteiger partial charge in [-0.15, -0.1) is 0 Å². The summed E-state index contributed by atoms with van der Waals surface area (Å²) in [5, 5.41) is 11.1. The minimum atomic E-state index is -4.15. The number of nitrogens with zero attached hydrogens (tertiary/aromatic N) is 1. The lowest BCUT2D eigenvalue weighted by molar-refractivity contribution is -0.125. The summed E-state index contributed by atoms with van der Waals surface area (Å²) in [6, 6.07) is 0. The summed E-state index contributed by atoms with van der Waals surface area (Å²) >= 11 is 5.44. The highest BCUT2D eigenvalue weighted by Gasteiger charge is 2.24. The first-order valence-corrected chi connectivity index (χ1v) is 4.81. The number of rotatable bonds is 5. The van der Waals surface area contributed by atoms with Gasteiger partial charge in [-0.1, -0.05) is 35.8 Å². The van der Waals surface area contributed by atoms with Crippen molar-refractivity contribution in [1.29, 1.82) is 0 Å². The topological polar surface area (TPSA) is 32.6 Å². The second kappa shape index (κ2) is 6.71. The third-order valence-corrected chi connectivity index (χ3v) is 1.91. The predicted octanol–water partition coefficient (Wildman–Crippen LogP) is 3.94. The van der Waals surface area contributed by atoms with E-state index < -0.39 is 12.6 Å². The van der Waals surface area contributed by atoms with Crippen molar-refractivity contribution in [3.8, 4) is 0 Å². The Morgan fingerprint density at radius 2 is 2.07 bits per heavy atom. The quantitative estimate of drug-likeness (QED) is 0.337. The van der Waals surface area contributed by atoms with Gasteiger partial charge in [-0.25, -0.2) is 0 Å². The molecule has 0 amide bonds. The van der Waals surface area contributed by atoms with Gasteiger partial charge in [-0.3, -0.25) is 0 Å². The van der Waals surface area contributed by atoms with Crippen molar-refractivity contribution in [2.45, 2.75) is 32.4 Å². The highest BCUT2D eigenvalue weighted by molar-refractivity contribution is 6.65. The van der Waals surface area contributed by atoms with E-state index in [-0.39, 0.29) is 11.1 Å². The molecule has 0 spiro atoms. The molecule has 0 saturated heterocycles. The van der Waals surface area contributed by atoms with Crippen molar-refractivity contribution in [3.05, 3.63) is 12.2 Å². The summed E-state index contributed by atoms with van der Waals surface area (Å²) < 4.78 is 35.2. The number of allylic oxidation sites excluding steroid dienone is 2. The molecule has 0 aliphatic rings. The zero-order valence-electron chi connectivity index (χ0n) is 8.26. The maximum atomic E-state index is 11.7. The maximum Gasteiger partial charge on any atom is 0.392 e. The van der Waals surface area contributed by atoms with Crippen LogP contribution < -0.4 is 0 Å². The van der Waals surface area contributed by atoms with E-state index in [4.69, 9.17) is 16.8 Å². The highest BCUT2D eigenvalue weighted by atomic mass is 35.5. The lowest BCUT2D eigenvalue weighted by Gasteiger charge is -2.05. The molecule has 0 aromatic carbocycles. The molecule has 0 saturated carbocycles. The Morgan fingerprint density at radius 3 is 2.53 bits per heavy atom. The number of hydrogen-bond acceptors (Lipinski definition) is 2. The standard InChI is InChI=1S/C9H13ClF3NO/c1-7(6-8(10)14-15)4-2-3-5-9(11,12)13/h2-3,7,15H,4-6H2,1H3/b3-2-,14-8-/t7-/m1/s1. The van der Waals surface area contributed by atoms with Crippen LogP contribution in [-0.4, -0.2) is 16.6 Å². The molecule has 6 heteroatoms. The van der Waals surface area contributed by atoms with Crippen molar-refractivity contribution in [2.24, 2.45) is 11.1 Å². The molecule has 0 aromatic heterocycles. The fraction of sp³-hybridized carbons (Fsp3) is 0.667. The Hall–Kier alpha value is -0.710. The Labute approximate surface area is 91.4 Å². The van der Waals surface area contributed by atoms with Crippen LogP contribution in [-0.2, 0) is 0 Å². The normalized spacial score (nSPS) is 15.9. The Kier molecular flexibility index (Phi) is 6.40. The molecule has 1 atom stereocenters. The lowest BCUT2D eigenvalue weighted by Crippen LogP contribution is -2.04. The molecule has 0 aliphatic carbocycles. The van der Waals surface area contributed by atoms with Gasteiger partial charge >= 0.3 is 6.18 Å². The molecule has 0 rings (SSSR count). The van der Waals surface area contributed by atoms with Crippen LogP contribution in [0.15, 0.2) is 17.3 Å². The third kappa shape index (κ3) is 9.59. The minimum absolute atomic E-state index is 0.0536. The van der Waals surface area contributed by atoms with Crippen molar-refractivity contribution in [2.75, 3.05) is 0 Å². The van der Waals surface area contributed by atoms with Gasteiger partial charge in [0.05, 0.1) is 6.42 Å². The first-order valence-electron chi connectivity index (χ1n) is 4.43. The Bertz CT molecular complexity index is 238. The molecule has 0 heterocycles. The molecule has 0 bridgehead atoms. The van der Waals surface area contributed by atoms with E-state index in [1.807, 2.05) is 6.92 Å². The average molecular weight is 244 g/mol. The summed E-state index contributed by atoms with van der Waals surface area (Å²) in [6.45, 7) is 1.81. The van der Waals surface area contributed by atoms with Crippen LogP contribution in [0.1, 0.15) is 26.2 Å². The molecular formula is C9H13ClF3NO. The van der Waals surface area contributed by atoms with E-state index in [2.05, 4.69) is 5.16 Å². The van der Waals surface area contributed by atoms with E-state index in [9.17, 15) is 13.2 Å². The smallest absolute Gasteiger partial charge is 0.392 e. The first kappa shape index (κ1) is 14.3. The van der Waals surface area contributed by atoms with E-state index >= 15 is 0 Å². The van der Waals surface area contributed by atoms with Crippen molar-refractivity contribution < 1.29 is 18.4 Å². The number of hydrogen-bond donors (Lipinski definition) is 1. The van der Waals surface area contributed by atoms with Gasteiger partial charge in [0.2, 0.25) is 0 Å². The molecule has 2 nitrogen and oxygen atoms in total. The molecule has 1 N–H and O–H groups in total. The van der Waals surface area contributed by atoms with Crippen molar-refractivity contribution in [3.63, 3.8) is 0 Å². The average Bonchev–Trinajstić information content (AvgIpc) is 2.11. The summed E-state index contributed by atoms with van der Waals surface area (Å²) in [5.41, 5.74) is 0. The van der Waals surface area contributed by atoms with Gasteiger partial charge in [-0.2, -0.15) is 13.2 Å². The Morgan fingerprint density at radius 1 is 1.47 bits per heavy atom. The fourth-order valence-electron chi connectivity index (χ4n) is 0.957. The summed E-state index contributed by atoms with van der Waals surface area (Å²) in [5.74, 6) is 0.0536. The second-order valence-corrected chi connectivity index (χ2v) is 3.75. The van der Waals surface area contributed by atoms with Crippen LogP contribution in [0.5, 0.6) is 0 Å². The molecule has 0 aromatic rings. The molecular weight excluding hydrogens is 231 g/mol. The van der Waals surface area contributed by atoms with Gasteiger partial charge in [0.1, 0.15) is 5.17 Å². The maximum absolute atomic E-state index is 11.7. The van der Waals surface area contributed by atoms with Gasteiger partial charge in [0.25, 0.3) is 0 Å². The zero-order chi connectivity index (χ0) is 11.9. The fourth-order valence-corrected chi connectivity index (χ4v) is 1.22. The lowest BCUT2D eigenvalue weighted by atomic mass is 10.0. The summed E-state index contributed by atoms with van der Waals surface area (Å²) in [4.78, 5) is 0. The monoisotopic (exact) mass is 243 g/mol.